The summed E-state index contributed by atoms with van der Waals surface area (Å²) in [7, 11) is 0. The summed E-state index contributed by atoms with van der Waals surface area (Å²) >= 11 is 0. The van der Waals surface area contributed by atoms with Crippen molar-refractivity contribution in [2.24, 2.45) is 17.8 Å². The van der Waals surface area contributed by atoms with E-state index < -0.39 is 76.2 Å². The third-order valence-electron chi connectivity index (χ3n) is 8.98. The highest BCUT2D eigenvalue weighted by Gasteiger charge is 2.57. The number of carbonyl (C=O) groups is 4. The Morgan fingerprint density at radius 3 is 2.11 bits per heavy atom. The number of carbonyl (C=O) groups excluding carboxylic acids is 4. The van der Waals surface area contributed by atoms with E-state index in [9.17, 15) is 50.6 Å². The van der Waals surface area contributed by atoms with E-state index in [0.29, 0.717) is 33.7 Å². The average molecular weight is 616 g/mol. The molecule has 1 saturated heterocycles. The van der Waals surface area contributed by atoms with E-state index in [1.54, 1.807) is 31.2 Å². The summed E-state index contributed by atoms with van der Waals surface area (Å²) in [6.45, 7) is 3.12. The number of amides is 2. The summed E-state index contributed by atoms with van der Waals surface area (Å²) in [5, 5.41) is 11.0. The van der Waals surface area contributed by atoms with Gasteiger partial charge in [0.05, 0.1) is 28.7 Å². The molecule has 2 aromatic carbocycles. The number of imide groups is 1. The Bertz CT molecular complexity index is 1750. The van der Waals surface area contributed by atoms with Gasteiger partial charge in [-0.3, -0.25) is 19.2 Å². The van der Waals surface area contributed by atoms with Crippen molar-refractivity contribution in [2.45, 2.75) is 45.0 Å². The van der Waals surface area contributed by atoms with Crippen molar-refractivity contribution in [3.63, 3.8) is 0 Å². The molecule has 44 heavy (non-hydrogen) atoms. The van der Waals surface area contributed by atoms with Crippen LogP contribution in [0.5, 0.6) is 5.75 Å². The van der Waals surface area contributed by atoms with Crippen LogP contribution in [0.4, 0.5) is 32.0 Å². The molecule has 0 saturated carbocycles. The van der Waals surface area contributed by atoms with Crippen LogP contribution in [0.1, 0.15) is 47.9 Å². The number of Topliss-reactive ketones (excluding diaryl/α,β-unsaturated/α-hetero) is 1. The van der Waals surface area contributed by atoms with E-state index >= 15 is 0 Å². The molecule has 0 spiro atoms. The molecule has 0 radical (unpaired) electrons. The molecule has 0 aromatic heterocycles. The Morgan fingerprint density at radius 1 is 0.864 bits per heavy atom. The van der Waals surface area contributed by atoms with Gasteiger partial charge in [-0.1, -0.05) is 29.8 Å². The van der Waals surface area contributed by atoms with Crippen LogP contribution in [0.15, 0.2) is 70.8 Å². The minimum absolute atomic E-state index is 0.0868. The minimum atomic E-state index is -5.20. The number of anilines is 1. The Labute approximate surface area is 246 Å². The summed E-state index contributed by atoms with van der Waals surface area (Å²) in [4.78, 5) is 54.6. The Hall–Kier alpha value is -4.48. The maximum absolute atomic E-state index is 13.9. The predicted octanol–water partition coefficient (Wildman–Crippen LogP) is 6.37. The fourth-order valence-corrected chi connectivity index (χ4v) is 6.95. The number of nitrogens with zero attached hydrogens (tertiary/aromatic N) is 1. The van der Waals surface area contributed by atoms with E-state index in [-0.39, 0.29) is 41.4 Å². The Balaban J connectivity index is 1.49. The van der Waals surface area contributed by atoms with Crippen LogP contribution in [0.2, 0.25) is 0 Å². The standard InChI is InChI=1S/C32H23F6NO5/c1-13-4-3-5-19(27(13)41)24-18-6-7-20-25(21(18)12-22-23(40)8-14(2)28(42)26(22)24)30(44)39(29(20)43)17-10-15(31(33,34)35)9-16(11-17)32(36,37)38/h3-6,8-11,20-21,24-25,41H,7,12H2,1-2H3. The number of hydrogen-bond acceptors (Lipinski definition) is 5. The number of benzene rings is 2. The number of allylic oxidation sites excluding steroid dienone is 6. The van der Waals surface area contributed by atoms with Crippen molar-refractivity contribution in [3.8, 4) is 5.75 Å². The van der Waals surface area contributed by atoms with Crippen molar-refractivity contribution in [3.05, 3.63) is 93.1 Å². The molecule has 1 heterocycles. The third kappa shape index (κ3) is 4.41. The monoisotopic (exact) mass is 615 g/mol. The van der Waals surface area contributed by atoms with Gasteiger partial charge in [-0.2, -0.15) is 26.3 Å². The SMILES string of the molecule is CC1=CC(=O)C2=C(C1=O)C(c1cccc(C)c1O)C1=CCC3C(=O)N(c4cc(C(F)(F)F)cc(C(F)(F)F)c4)C(=O)C3C1C2. The molecular formula is C32H23F6NO5. The van der Waals surface area contributed by atoms with E-state index in [1.807, 2.05) is 0 Å². The molecule has 2 amide bonds. The zero-order valence-electron chi connectivity index (χ0n) is 23.1. The number of phenolic OH excluding ortho intramolecular Hbond substituents is 1. The Kier molecular flexibility index (Phi) is 6.57. The van der Waals surface area contributed by atoms with Gasteiger partial charge >= 0.3 is 12.4 Å². The lowest BCUT2D eigenvalue weighted by atomic mass is 9.59. The first-order chi connectivity index (χ1) is 20.5. The van der Waals surface area contributed by atoms with Crippen LogP contribution in [0, 0.1) is 24.7 Å². The second kappa shape index (κ2) is 9.76. The van der Waals surface area contributed by atoms with Crippen molar-refractivity contribution in [1.82, 2.24) is 0 Å². The molecule has 12 heteroatoms. The fourth-order valence-electron chi connectivity index (χ4n) is 6.95. The number of ketones is 2. The number of alkyl halides is 6. The van der Waals surface area contributed by atoms with Gasteiger partial charge in [0.25, 0.3) is 0 Å². The molecule has 1 N–H and O–H groups in total. The normalized spacial score (nSPS) is 25.5. The molecule has 1 fully saturated rings. The van der Waals surface area contributed by atoms with Crippen LogP contribution >= 0.6 is 0 Å². The zero-order chi connectivity index (χ0) is 32.0. The molecule has 4 aliphatic rings. The van der Waals surface area contributed by atoms with Gasteiger partial charge in [0, 0.05) is 28.2 Å². The maximum Gasteiger partial charge on any atom is 0.416 e. The quantitative estimate of drug-likeness (QED) is 0.184. The second-order valence-corrected chi connectivity index (χ2v) is 11.5. The van der Waals surface area contributed by atoms with Crippen molar-refractivity contribution < 1.29 is 50.6 Å². The largest absolute Gasteiger partial charge is 0.507 e. The van der Waals surface area contributed by atoms with E-state index in [4.69, 9.17) is 0 Å². The third-order valence-corrected chi connectivity index (χ3v) is 8.98. The summed E-state index contributed by atoms with van der Waals surface area (Å²) in [6.07, 6.45) is -7.83. The summed E-state index contributed by atoms with van der Waals surface area (Å²) in [6, 6.07) is 5.45. The van der Waals surface area contributed by atoms with Crippen LogP contribution in [-0.4, -0.2) is 28.5 Å². The molecule has 3 aliphatic carbocycles. The summed E-state index contributed by atoms with van der Waals surface area (Å²) in [5.74, 6) is -7.23. The van der Waals surface area contributed by atoms with Gasteiger partial charge in [-0.25, -0.2) is 4.90 Å². The molecule has 228 valence electrons. The highest BCUT2D eigenvalue weighted by atomic mass is 19.4. The first-order valence-electron chi connectivity index (χ1n) is 13.7. The van der Waals surface area contributed by atoms with E-state index in [2.05, 4.69) is 0 Å². The first kappa shape index (κ1) is 29.6. The van der Waals surface area contributed by atoms with Gasteiger partial charge in [0.1, 0.15) is 5.75 Å². The number of aromatic hydroxyl groups is 1. The van der Waals surface area contributed by atoms with Gasteiger partial charge in [-0.15, -0.1) is 0 Å². The number of rotatable bonds is 2. The number of phenols is 1. The van der Waals surface area contributed by atoms with Crippen LogP contribution < -0.4 is 4.90 Å². The molecule has 1 aliphatic heterocycles. The van der Waals surface area contributed by atoms with Crippen LogP contribution in [0.25, 0.3) is 0 Å². The molecule has 6 nitrogen and oxygen atoms in total. The summed E-state index contributed by atoms with van der Waals surface area (Å²) < 4.78 is 81.6. The maximum atomic E-state index is 13.9. The molecular weight excluding hydrogens is 592 g/mol. The highest BCUT2D eigenvalue weighted by molar-refractivity contribution is 6.25. The highest BCUT2D eigenvalue weighted by Crippen LogP contribution is 2.56. The van der Waals surface area contributed by atoms with Gasteiger partial charge in [0.15, 0.2) is 11.6 Å². The number of aryl methyl sites for hydroxylation is 1. The van der Waals surface area contributed by atoms with Crippen LogP contribution in [0.3, 0.4) is 0 Å². The molecule has 6 rings (SSSR count). The minimum Gasteiger partial charge on any atom is -0.507 e. The number of para-hydroxylation sites is 1. The van der Waals surface area contributed by atoms with Gasteiger partial charge < -0.3 is 5.11 Å². The van der Waals surface area contributed by atoms with Crippen molar-refractivity contribution in [1.29, 1.82) is 0 Å². The lowest BCUT2D eigenvalue weighted by Gasteiger charge is -2.42. The van der Waals surface area contributed by atoms with Crippen LogP contribution in [-0.2, 0) is 31.5 Å². The average Bonchev–Trinajstić information content (AvgIpc) is 3.20. The molecule has 4 atom stereocenters. The van der Waals surface area contributed by atoms with Crippen molar-refractivity contribution in [2.75, 3.05) is 4.90 Å². The number of fused-ring (bicyclic) bond motifs is 3. The van der Waals surface area contributed by atoms with E-state index in [0.717, 1.165) is 0 Å². The summed E-state index contributed by atoms with van der Waals surface area (Å²) in [5.41, 5.74) is -2.55. The molecule has 0 bridgehead atoms. The zero-order valence-corrected chi connectivity index (χ0v) is 23.1. The fraction of sp³-hybridized carbons (Fsp3) is 0.312. The van der Waals surface area contributed by atoms with Gasteiger partial charge in [-0.05, 0) is 62.4 Å². The molecule has 2 aromatic rings. The van der Waals surface area contributed by atoms with E-state index in [1.165, 1.54) is 13.0 Å². The topological polar surface area (TPSA) is 91.8 Å². The lowest BCUT2D eigenvalue weighted by molar-refractivity contribution is -0.143. The first-order valence-corrected chi connectivity index (χ1v) is 13.7. The Morgan fingerprint density at radius 2 is 1.50 bits per heavy atom. The predicted molar refractivity (Wildman–Crippen MR) is 143 cm³/mol. The van der Waals surface area contributed by atoms with Gasteiger partial charge in [0.2, 0.25) is 11.8 Å². The number of halogens is 6. The smallest absolute Gasteiger partial charge is 0.416 e. The molecule has 4 unspecified atom stereocenters. The second-order valence-electron chi connectivity index (χ2n) is 11.5. The van der Waals surface area contributed by atoms with Crippen molar-refractivity contribution >= 4 is 29.1 Å². The number of hydrogen-bond donors (Lipinski definition) is 1. The lowest BCUT2D eigenvalue weighted by Crippen LogP contribution is -2.40.